The molecule has 1 aromatic heterocycles. The molecule has 0 aliphatic carbocycles. The first-order valence-corrected chi connectivity index (χ1v) is 32.5. The first kappa shape index (κ1) is 80.2. The minimum absolute atomic E-state index is 0. The summed E-state index contributed by atoms with van der Waals surface area (Å²) in [4.78, 5) is 148. The predicted octanol–water partition coefficient (Wildman–Crippen LogP) is -3.42. The number of nitrogens with zero attached hydrogens (tertiary/aromatic N) is 7. The fraction of sp³-hybridized carbons (Fsp3) is 0.576. The van der Waals surface area contributed by atoms with Crippen LogP contribution in [0.1, 0.15) is 72.9 Å². The Morgan fingerprint density at radius 3 is 1.75 bits per heavy atom. The summed E-state index contributed by atoms with van der Waals surface area (Å²) in [5.41, 5.74) is 1.42. The standard InChI is InChI=1S/C59H87N15O20S.In/c1-38-28-43(29-39(2)54(38)95(92,93)69-45(58(90)91)33-66-55(87)40-7-10-46-42(30-40)32-67-74(46)18-5-15-64-59-62-13-4-14-63-59)94-27-3-6-47(75)60-16-17-61-57(89)44(9-12-50(79)80)68-56(88)41(8-11-49(77)78)31-65-48(76)34-70-19-21-71(35-51(81)82)23-25-73(37-53(85)86)26-24-72(22-20-70)36-52(83)84;/h7,10,28-30,32,41,44-45,69H,3-6,8-9,11-27,31,33-37H2,1-2H3,(H,60,75)(H,61,89)(H,65,76)(H,66,87)(H,68,88)(H,77,78)(H,79,80)(H,81,82)(H,83,84)(H,85,86)(H,90,91)(H2,62,63,64);/q;+3/t41-,44?,45+;/m1./s1. The zero-order chi connectivity index (χ0) is 69.6. The maximum Gasteiger partial charge on any atom is 3.00 e. The third-order valence-electron chi connectivity index (χ3n) is 15.2. The van der Waals surface area contributed by atoms with Gasteiger partial charge in [-0.2, -0.15) is 9.82 Å². The number of hydrogen-bond donors (Lipinski definition) is 14. The molecule has 0 radical (unpaired) electrons. The molecule has 0 saturated carbocycles. The van der Waals surface area contributed by atoms with Crippen molar-refractivity contribution in [1.29, 1.82) is 0 Å². The van der Waals surface area contributed by atoms with E-state index < -0.39 is 139 Å². The quantitative estimate of drug-likeness (QED) is 0.0248. The third-order valence-corrected chi connectivity index (χ3v) is 17.0. The van der Waals surface area contributed by atoms with E-state index in [9.17, 15) is 91.8 Å². The summed E-state index contributed by atoms with van der Waals surface area (Å²) in [6, 6.07) is 4.55. The van der Waals surface area contributed by atoms with Crippen molar-refractivity contribution in [3.8, 4) is 5.75 Å². The SMILES string of the molecule is Cc1cc(OCCCC(=O)NCCNC(=O)C(CCC(=O)O)NC(=O)[C@H](CCC(=O)O)CNC(=O)CN2CCN(CC(=O)O)CCN(CC(=O)O)CCN(CC(=O)O)CC2)cc(C)c1S(=O)(=O)N[C@@H](CNC(=O)c1ccc2c(cnn2CCCNC2=NCCCN2)c1)C(=O)O.[In+3]. The number of carboxylic acids is 6. The van der Waals surface area contributed by atoms with Gasteiger partial charge in [0.25, 0.3) is 5.91 Å². The zero-order valence-electron chi connectivity index (χ0n) is 53.7. The molecule has 1 unspecified atom stereocenters. The number of nitrogens with one attached hydrogen (secondary N) is 8. The second-order valence-corrected chi connectivity index (χ2v) is 24.5. The maximum atomic E-state index is 13.7. The molecule has 0 bridgehead atoms. The number of carbonyl (C=O) groups is 11. The molecule has 5 amide bonds. The number of rotatable bonds is 38. The number of carbonyl (C=O) groups excluding carboxylic acids is 5. The Morgan fingerprint density at radius 1 is 0.625 bits per heavy atom. The van der Waals surface area contributed by atoms with E-state index in [2.05, 4.69) is 52.0 Å². The van der Waals surface area contributed by atoms with E-state index in [0.29, 0.717) is 18.5 Å². The number of sulfonamides is 1. The van der Waals surface area contributed by atoms with Crippen LogP contribution in [0, 0.1) is 19.8 Å². The van der Waals surface area contributed by atoms with E-state index in [0.717, 1.165) is 37.4 Å². The molecule has 3 heterocycles. The van der Waals surface area contributed by atoms with Crippen molar-refractivity contribution in [2.45, 2.75) is 88.7 Å². The molecule has 37 heteroatoms. The van der Waals surface area contributed by atoms with Crippen molar-refractivity contribution >= 4 is 118 Å². The monoisotopic (exact) mass is 1470 g/mol. The van der Waals surface area contributed by atoms with Gasteiger partial charge in [-0.25, -0.2) is 8.42 Å². The van der Waals surface area contributed by atoms with E-state index in [-0.39, 0.29) is 158 Å². The van der Waals surface area contributed by atoms with Crippen LogP contribution in [0.3, 0.4) is 0 Å². The first-order chi connectivity index (χ1) is 45.1. The van der Waals surface area contributed by atoms with E-state index in [1.54, 1.807) is 48.7 Å². The molecule has 14 N–H and O–H groups in total. The molecule has 2 aromatic carbocycles. The number of aryl methyl sites for hydroxylation is 3. The average molecular weight is 1470 g/mol. The number of carboxylic acid groups (broad SMARTS) is 6. The van der Waals surface area contributed by atoms with Gasteiger partial charge in [-0.1, -0.05) is 0 Å². The van der Waals surface area contributed by atoms with Crippen LogP contribution in [-0.2, 0) is 64.5 Å². The Balaban J connectivity index is 0.0000196. The van der Waals surface area contributed by atoms with Gasteiger partial charge in [0.1, 0.15) is 17.8 Å². The Morgan fingerprint density at radius 2 is 1.20 bits per heavy atom. The summed E-state index contributed by atoms with van der Waals surface area (Å²) >= 11 is 0. The minimum Gasteiger partial charge on any atom is -0.494 e. The number of hydrogen-bond acceptors (Lipinski definition) is 22. The molecule has 1 fully saturated rings. The molecule has 1 saturated heterocycles. The van der Waals surface area contributed by atoms with Gasteiger partial charge in [-0.3, -0.25) is 82.0 Å². The van der Waals surface area contributed by atoms with Crippen molar-refractivity contribution in [2.24, 2.45) is 10.9 Å². The fourth-order valence-electron chi connectivity index (χ4n) is 10.4. The van der Waals surface area contributed by atoms with Crippen LogP contribution in [0.25, 0.3) is 10.9 Å². The molecule has 3 aromatic rings. The summed E-state index contributed by atoms with van der Waals surface area (Å²) in [6.45, 7) is 4.14. The van der Waals surface area contributed by atoms with Crippen molar-refractivity contribution in [2.75, 3.05) is 131 Å². The molecule has 5 rings (SSSR count). The Kier molecular flexibility index (Phi) is 34.3. The van der Waals surface area contributed by atoms with Gasteiger partial charge < -0.3 is 72.6 Å². The molecule has 3 atom stereocenters. The van der Waals surface area contributed by atoms with E-state index in [4.69, 9.17) is 4.74 Å². The topological polar surface area (TPSA) is 492 Å². The molecule has 35 nitrogen and oxygen atoms in total. The van der Waals surface area contributed by atoms with Crippen molar-refractivity contribution in [3.05, 3.63) is 53.2 Å². The number of benzene rings is 2. The summed E-state index contributed by atoms with van der Waals surface area (Å²) in [5.74, 6) is -11.2. The van der Waals surface area contributed by atoms with E-state index in [1.165, 1.54) is 26.0 Å². The first-order valence-electron chi connectivity index (χ1n) is 31.0. The van der Waals surface area contributed by atoms with Crippen LogP contribution >= 0.6 is 0 Å². The number of fused-ring (bicyclic) bond motifs is 1. The molecular weight excluding hydrogens is 1390 g/mol. The van der Waals surface area contributed by atoms with E-state index in [1.807, 2.05) is 0 Å². The van der Waals surface area contributed by atoms with Gasteiger partial charge in [0, 0.05) is 135 Å². The van der Waals surface area contributed by atoms with Crippen LogP contribution in [-0.4, -0.2) is 309 Å². The van der Waals surface area contributed by atoms with Crippen LogP contribution in [0.15, 0.2) is 46.4 Å². The minimum atomic E-state index is -4.49. The van der Waals surface area contributed by atoms with Crippen LogP contribution < -0.4 is 46.7 Å². The summed E-state index contributed by atoms with van der Waals surface area (Å²) in [5, 5.41) is 81.7. The van der Waals surface area contributed by atoms with Gasteiger partial charge in [0.05, 0.1) is 55.3 Å². The Labute approximate surface area is 572 Å². The smallest absolute Gasteiger partial charge is 0.494 e. The Bertz CT molecular complexity index is 3280. The summed E-state index contributed by atoms with van der Waals surface area (Å²) in [6.07, 6.45) is 1.66. The van der Waals surface area contributed by atoms with Crippen LogP contribution in [0.4, 0.5) is 0 Å². The van der Waals surface area contributed by atoms with Crippen LogP contribution in [0.2, 0.25) is 0 Å². The van der Waals surface area contributed by atoms with Crippen molar-refractivity contribution in [1.82, 2.24) is 71.3 Å². The molecule has 2 aliphatic heterocycles. The summed E-state index contributed by atoms with van der Waals surface area (Å²) < 4.78 is 37.2. The number of guanidine groups is 1. The molecular formula is C59H87InN15O20S+3. The number of ether oxygens (including phenoxy) is 1. The summed E-state index contributed by atoms with van der Waals surface area (Å²) in [7, 11) is -4.49. The number of aromatic nitrogens is 2. The molecule has 96 heavy (non-hydrogen) atoms. The second kappa shape index (κ2) is 41.0. The van der Waals surface area contributed by atoms with Crippen LogP contribution in [0.5, 0.6) is 5.75 Å². The van der Waals surface area contributed by atoms with Crippen molar-refractivity contribution < 1.29 is 96.5 Å². The Hall–Kier alpha value is -8.23. The largest absolute Gasteiger partial charge is 3.00 e. The number of amides is 5. The number of aliphatic imine (C=N–C) groups is 1. The predicted molar refractivity (Wildman–Crippen MR) is 345 cm³/mol. The second-order valence-electron chi connectivity index (χ2n) is 22.8. The molecule has 524 valence electrons. The molecule has 2 aliphatic rings. The molecule has 0 spiro atoms. The fourth-order valence-corrected chi connectivity index (χ4v) is 12.0. The van der Waals surface area contributed by atoms with Crippen molar-refractivity contribution in [3.63, 3.8) is 0 Å². The van der Waals surface area contributed by atoms with Gasteiger partial charge in [-0.15, -0.1) is 0 Å². The average Bonchev–Trinajstić information content (AvgIpc) is 0.840. The third kappa shape index (κ3) is 29.0. The van der Waals surface area contributed by atoms with E-state index >= 15 is 0 Å². The van der Waals surface area contributed by atoms with Gasteiger partial charge in [0.2, 0.25) is 33.7 Å². The normalized spacial score (nSPS) is 15.5. The maximum absolute atomic E-state index is 13.7. The number of aliphatic carboxylic acids is 6. The zero-order valence-corrected chi connectivity index (χ0v) is 57.8. The van der Waals surface area contributed by atoms with Gasteiger partial charge in [0.15, 0.2) is 5.96 Å². The van der Waals surface area contributed by atoms with Gasteiger partial charge in [-0.05, 0) is 87.4 Å². The van der Waals surface area contributed by atoms with Gasteiger partial charge >= 0.3 is 61.7 Å².